The second kappa shape index (κ2) is 13.7. The quantitative estimate of drug-likeness (QED) is 0.288. The summed E-state index contributed by atoms with van der Waals surface area (Å²) in [5.74, 6) is -0.637. The van der Waals surface area contributed by atoms with Gasteiger partial charge in [-0.15, -0.1) is 0 Å². The first-order valence-corrected chi connectivity index (χ1v) is 15.4. The lowest BCUT2D eigenvalue weighted by molar-refractivity contribution is -0.884. The van der Waals surface area contributed by atoms with Crippen LogP contribution in [0.1, 0.15) is 48.9 Å². The van der Waals surface area contributed by atoms with Crippen molar-refractivity contribution in [3.8, 4) is 11.5 Å². The van der Waals surface area contributed by atoms with Crippen LogP contribution >= 0.6 is 0 Å². The van der Waals surface area contributed by atoms with E-state index in [-0.39, 0.29) is 31.2 Å². The Morgan fingerprint density at radius 3 is 2.64 bits per heavy atom. The first kappa shape index (κ1) is 31.4. The van der Waals surface area contributed by atoms with Crippen LogP contribution in [0.4, 0.5) is 5.69 Å². The fraction of sp³-hybridized carbons (Fsp3) is 0.471. The van der Waals surface area contributed by atoms with Gasteiger partial charge in [0, 0.05) is 48.2 Å². The van der Waals surface area contributed by atoms with Gasteiger partial charge in [-0.2, -0.15) is 0 Å². The molecule has 2 aliphatic heterocycles. The van der Waals surface area contributed by atoms with E-state index in [1.807, 2.05) is 41.3 Å². The van der Waals surface area contributed by atoms with Crippen LogP contribution in [0.2, 0.25) is 0 Å². The summed E-state index contributed by atoms with van der Waals surface area (Å²) >= 11 is 0. The van der Waals surface area contributed by atoms with Crippen molar-refractivity contribution in [1.29, 1.82) is 0 Å². The molecule has 1 saturated heterocycles. The second-order valence-corrected chi connectivity index (χ2v) is 12.8. The maximum Gasteiger partial charge on any atom is 0.308 e. The van der Waals surface area contributed by atoms with Crippen molar-refractivity contribution in [3.63, 3.8) is 0 Å². The maximum atomic E-state index is 14.2. The zero-order valence-corrected chi connectivity index (χ0v) is 26.2. The number of carbonyl (C=O) groups is 2. The number of quaternary nitrogens is 1. The largest absolute Gasteiger partial charge is 0.481 e. The number of anilines is 1. The van der Waals surface area contributed by atoms with Crippen LogP contribution in [0.5, 0.6) is 11.5 Å². The lowest BCUT2D eigenvalue weighted by Gasteiger charge is -2.30. The zero-order valence-electron chi connectivity index (χ0n) is 26.2. The van der Waals surface area contributed by atoms with E-state index in [4.69, 9.17) is 9.47 Å². The molecule has 1 amide bonds. The lowest BCUT2D eigenvalue weighted by atomic mass is 9.83. The number of benzene rings is 2. The molecule has 2 aliphatic rings. The smallest absolute Gasteiger partial charge is 0.308 e. The number of carboxylic acids is 1. The van der Waals surface area contributed by atoms with E-state index < -0.39 is 11.9 Å². The number of aryl methyl sites for hydroxylation is 1. The Balaban J connectivity index is 1.44. The summed E-state index contributed by atoms with van der Waals surface area (Å²) in [6.07, 6.45) is 6.17. The number of aliphatic carboxylic acids is 1. The van der Waals surface area contributed by atoms with Crippen molar-refractivity contribution >= 4 is 17.6 Å². The summed E-state index contributed by atoms with van der Waals surface area (Å²) in [6, 6.07) is 15.4. The van der Waals surface area contributed by atoms with Gasteiger partial charge in [0.05, 0.1) is 33.6 Å². The molecule has 2 aromatic carbocycles. The van der Waals surface area contributed by atoms with Gasteiger partial charge in [0.2, 0.25) is 12.7 Å². The zero-order chi connectivity index (χ0) is 31.3. The van der Waals surface area contributed by atoms with E-state index in [2.05, 4.69) is 55.1 Å². The molecule has 3 unspecified atom stereocenters. The van der Waals surface area contributed by atoms with Crippen LogP contribution in [-0.4, -0.2) is 89.9 Å². The number of aromatic nitrogens is 2. The molecule has 3 atom stereocenters. The van der Waals surface area contributed by atoms with Crippen molar-refractivity contribution < 1.29 is 28.7 Å². The topological polar surface area (TPSA) is 105 Å². The molecular weight excluding hydrogens is 558 g/mol. The van der Waals surface area contributed by atoms with Crippen molar-refractivity contribution in [2.75, 3.05) is 52.5 Å². The van der Waals surface area contributed by atoms with E-state index in [9.17, 15) is 14.7 Å². The Labute approximate surface area is 259 Å². The molecule has 0 bridgehead atoms. The molecule has 1 N–H and O–H groups in total. The number of amides is 1. The minimum atomic E-state index is -0.869. The maximum absolute atomic E-state index is 14.2. The van der Waals surface area contributed by atoms with E-state index in [1.165, 1.54) is 11.9 Å². The minimum absolute atomic E-state index is 0.0247. The Morgan fingerprint density at radius 2 is 1.91 bits per heavy atom. The number of hydrogen-bond acceptors (Lipinski definition) is 7. The molecule has 3 heterocycles. The number of hydrogen-bond donors (Lipinski definition) is 1. The predicted octanol–water partition coefficient (Wildman–Crippen LogP) is 4.35. The molecule has 1 aromatic heterocycles. The van der Waals surface area contributed by atoms with Gasteiger partial charge >= 0.3 is 5.97 Å². The Bertz CT molecular complexity index is 1440. The number of rotatable bonds is 13. The highest BCUT2D eigenvalue weighted by atomic mass is 16.7. The number of carbonyl (C=O) groups excluding carboxylic acids is 1. The van der Waals surface area contributed by atoms with Crippen molar-refractivity contribution in [2.24, 2.45) is 5.92 Å². The molecule has 0 saturated carbocycles. The first-order valence-electron chi connectivity index (χ1n) is 15.4. The van der Waals surface area contributed by atoms with Crippen LogP contribution < -0.4 is 14.4 Å². The van der Waals surface area contributed by atoms with Gasteiger partial charge in [-0.1, -0.05) is 31.5 Å². The van der Waals surface area contributed by atoms with Crippen LogP contribution in [0.15, 0.2) is 61.1 Å². The fourth-order valence-electron chi connectivity index (χ4n) is 6.44. The third kappa shape index (κ3) is 7.54. The van der Waals surface area contributed by atoms with E-state index >= 15 is 0 Å². The second-order valence-electron chi connectivity index (χ2n) is 12.8. The molecule has 10 heteroatoms. The molecule has 10 nitrogen and oxygen atoms in total. The number of ether oxygens (including phenoxy) is 2. The standard InChI is InChI=1S/C34H43N5O5/c1-5-6-16-38(27-9-7-8-24(17-27)21-39(2,3)4)32(40)20-37-19-28(25-10-13-30-31(18-25)44-23-43-30)33(34(41)42)29(37)12-11-26-14-15-35-22-36-26/h7-10,13-15,17-18,22,28-29,33H,5-6,11-12,16,19-21,23H2,1-4H3/p+1. The number of unbranched alkanes of at least 4 members (excludes halogenated alkanes) is 1. The third-order valence-corrected chi connectivity index (χ3v) is 8.45. The van der Waals surface area contributed by atoms with Crippen molar-refractivity contribution in [3.05, 3.63) is 77.9 Å². The Kier molecular flexibility index (Phi) is 9.80. The number of likely N-dealkylation sites (tertiary alicyclic amines) is 1. The molecule has 0 spiro atoms. The number of carboxylic acid groups (broad SMARTS) is 1. The van der Waals surface area contributed by atoms with Gasteiger partial charge in [0.1, 0.15) is 12.9 Å². The Hall–Kier alpha value is -4.02. The van der Waals surface area contributed by atoms with Crippen LogP contribution in [0, 0.1) is 5.92 Å². The monoisotopic (exact) mass is 602 g/mol. The highest BCUT2D eigenvalue weighted by Crippen LogP contribution is 2.43. The summed E-state index contributed by atoms with van der Waals surface area (Å²) in [6.45, 7) is 4.29. The molecule has 44 heavy (non-hydrogen) atoms. The van der Waals surface area contributed by atoms with Gasteiger partial charge in [0.15, 0.2) is 11.5 Å². The van der Waals surface area contributed by atoms with E-state index in [0.29, 0.717) is 37.4 Å². The van der Waals surface area contributed by atoms with E-state index in [0.717, 1.165) is 40.8 Å². The lowest BCUT2D eigenvalue weighted by Crippen LogP contribution is -2.44. The summed E-state index contributed by atoms with van der Waals surface area (Å²) in [4.78, 5) is 39.4. The molecule has 0 aliphatic carbocycles. The Morgan fingerprint density at radius 1 is 1.09 bits per heavy atom. The molecule has 234 valence electrons. The van der Waals surface area contributed by atoms with Crippen LogP contribution in [0.3, 0.4) is 0 Å². The van der Waals surface area contributed by atoms with Gasteiger partial charge < -0.3 is 24.0 Å². The summed E-state index contributed by atoms with van der Waals surface area (Å²) in [5.41, 5.74) is 3.77. The SMILES string of the molecule is CCCCN(C(=O)CN1CC(c2ccc3c(c2)OCO3)C(C(=O)O)C1CCc1ccncn1)c1cccc(C[N+](C)(C)C)c1. The first-order chi connectivity index (χ1) is 21.1. The van der Waals surface area contributed by atoms with Gasteiger partial charge in [-0.05, 0) is 55.2 Å². The number of fused-ring (bicyclic) bond motifs is 1. The summed E-state index contributed by atoms with van der Waals surface area (Å²) in [5, 5.41) is 10.6. The van der Waals surface area contributed by atoms with Crippen molar-refractivity contribution in [1.82, 2.24) is 14.9 Å². The van der Waals surface area contributed by atoms with Crippen LogP contribution in [0.25, 0.3) is 0 Å². The highest BCUT2D eigenvalue weighted by molar-refractivity contribution is 5.95. The highest BCUT2D eigenvalue weighted by Gasteiger charge is 2.47. The number of nitrogens with zero attached hydrogens (tertiary/aromatic N) is 5. The van der Waals surface area contributed by atoms with Crippen molar-refractivity contribution in [2.45, 2.75) is 51.1 Å². The average molecular weight is 603 g/mol. The molecule has 3 aromatic rings. The predicted molar refractivity (Wildman–Crippen MR) is 168 cm³/mol. The van der Waals surface area contributed by atoms with E-state index in [1.54, 1.807) is 6.20 Å². The van der Waals surface area contributed by atoms with Gasteiger partial charge in [-0.25, -0.2) is 9.97 Å². The van der Waals surface area contributed by atoms with Gasteiger partial charge in [0.25, 0.3) is 0 Å². The molecule has 5 rings (SSSR count). The molecule has 1 fully saturated rings. The summed E-state index contributed by atoms with van der Waals surface area (Å²) in [7, 11) is 6.45. The molecule has 0 radical (unpaired) electrons. The van der Waals surface area contributed by atoms with Gasteiger partial charge in [-0.3, -0.25) is 14.5 Å². The fourth-order valence-corrected chi connectivity index (χ4v) is 6.44. The van der Waals surface area contributed by atoms with Crippen LogP contribution in [-0.2, 0) is 22.6 Å². The summed E-state index contributed by atoms with van der Waals surface area (Å²) < 4.78 is 11.9. The molecular formula is C34H44N5O5+. The average Bonchev–Trinajstić information content (AvgIpc) is 3.60. The normalized spacial score (nSPS) is 19.7. The minimum Gasteiger partial charge on any atom is -0.481 e. The third-order valence-electron chi connectivity index (χ3n) is 8.45.